The van der Waals surface area contributed by atoms with Crippen molar-refractivity contribution >= 4 is 16.9 Å². The second-order valence-electron chi connectivity index (χ2n) is 6.46. The summed E-state index contributed by atoms with van der Waals surface area (Å²) in [6, 6.07) is 5.81. The van der Waals surface area contributed by atoms with E-state index in [9.17, 15) is 0 Å². The van der Waals surface area contributed by atoms with Gasteiger partial charge in [-0.2, -0.15) is 5.10 Å². The van der Waals surface area contributed by atoms with E-state index in [1.54, 1.807) is 20.5 Å². The van der Waals surface area contributed by atoms with E-state index in [1.165, 1.54) is 0 Å². The second-order valence-corrected chi connectivity index (χ2v) is 6.46. The van der Waals surface area contributed by atoms with E-state index in [0.29, 0.717) is 17.2 Å². The number of fused-ring (bicyclic) bond motifs is 1. The molecule has 1 aliphatic heterocycles. The average molecular weight is 378 g/mol. The predicted molar refractivity (Wildman–Crippen MR) is 107 cm³/mol. The fourth-order valence-corrected chi connectivity index (χ4v) is 3.36. The van der Waals surface area contributed by atoms with Crippen LogP contribution in [0, 0.1) is 11.8 Å². The van der Waals surface area contributed by atoms with Gasteiger partial charge in [-0.25, -0.2) is 14.6 Å². The molecule has 144 valence electrons. The highest BCUT2D eigenvalue weighted by Crippen LogP contribution is 2.27. The molecule has 0 bridgehead atoms. The highest BCUT2D eigenvalue weighted by atomic mass is 16.5. The van der Waals surface area contributed by atoms with Crippen molar-refractivity contribution < 1.29 is 9.47 Å². The third-order valence-corrected chi connectivity index (χ3v) is 4.78. The van der Waals surface area contributed by atoms with Crippen LogP contribution in [-0.4, -0.2) is 54.1 Å². The van der Waals surface area contributed by atoms with Crippen molar-refractivity contribution in [1.82, 2.24) is 25.1 Å². The van der Waals surface area contributed by atoms with Crippen LogP contribution in [0.2, 0.25) is 0 Å². The molecule has 3 aromatic rings. The van der Waals surface area contributed by atoms with Gasteiger partial charge >= 0.3 is 0 Å². The van der Waals surface area contributed by atoms with E-state index in [-0.39, 0.29) is 6.04 Å². The van der Waals surface area contributed by atoms with Crippen LogP contribution in [0.1, 0.15) is 23.7 Å². The topological polar surface area (TPSA) is 86.1 Å². The molecule has 3 heterocycles. The summed E-state index contributed by atoms with van der Waals surface area (Å²) >= 11 is 0. The molecule has 0 saturated carbocycles. The molecular formula is C20H22N6O2. The number of rotatable bonds is 4. The minimum absolute atomic E-state index is 0.259. The Labute approximate surface area is 163 Å². The van der Waals surface area contributed by atoms with Crippen molar-refractivity contribution in [3.8, 4) is 23.3 Å². The van der Waals surface area contributed by atoms with Gasteiger partial charge in [0.05, 0.1) is 25.6 Å². The summed E-state index contributed by atoms with van der Waals surface area (Å²) in [4.78, 5) is 8.82. The minimum Gasteiger partial charge on any atom is -0.497 e. The maximum Gasteiger partial charge on any atom is 0.164 e. The zero-order valence-corrected chi connectivity index (χ0v) is 16.1. The highest BCUT2D eigenvalue weighted by Gasteiger charge is 2.23. The smallest absolute Gasteiger partial charge is 0.164 e. The molecule has 8 nitrogen and oxygen atoms in total. The number of aromatic nitrogens is 4. The number of anilines is 1. The first-order chi connectivity index (χ1) is 13.7. The monoisotopic (exact) mass is 378 g/mol. The fourth-order valence-electron chi connectivity index (χ4n) is 3.36. The molecule has 2 aromatic heterocycles. The molecule has 2 N–H and O–H groups in total. The first kappa shape index (κ1) is 18.1. The molecule has 1 atom stereocenters. The Bertz CT molecular complexity index is 1040. The van der Waals surface area contributed by atoms with Crippen LogP contribution in [0.15, 0.2) is 24.5 Å². The normalized spacial score (nSPS) is 15.9. The first-order valence-corrected chi connectivity index (χ1v) is 9.10. The van der Waals surface area contributed by atoms with Crippen molar-refractivity contribution in [2.75, 3.05) is 39.7 Å². The number of methoxy groups -OCH3 is 2. The summed E-state index contributed by atoms with van der Waals surface area (Å²) in [5, 5.41) is 12.1. The number of nitrogens with zero attached hydrogens (tertiary/aromatic N) is 4. The molecule has 0 aliphatic carbocycles. The van der Waals surface area contributed by atoms with Crippen LogP contribution in [0.25, 0.3) is 11.0 Å². The Morgan fingerprint density at radius 2 is 1.93 bits per heavy atom. The molecule has 0 spiro atoms. The average Bonchev–Trinajstić information content (AvgIpc) is 3.39. The number of benzene rings is 1. The summed E-state index contributed by atoms with van der Waals surface area (Å²) in [6.07, 6.45) is 2.56. The number of hydrogen-bond acceptors (Lipinski definition) is 7. The molecule has 1 aliphatic rings. The van der Waals surface area contributed by atoms with Crippen LogP contribution >= 0.6 is 0 Å². The predicted octanol–water partition coefficient (Wildman–Crippen LogP) is 1.82. The number of nitrogens with one attached hydrogen (secondary N) is 2. The Balaban J connectivity index is 1.83. The van der Waals surface area contributed by atoms with Crippen LogP contribution in [-0.2, 0) is 0 Å². The van der Waals surface area contributed by atoms with E-state index >= 15 is 0 Å². The van der Waals surface area contributed by atoms with Gasteiger partial charge in [-0.15, -0.1) is 0 Å². The van der Waals surface area contributed by atoms with Crippen molar-refractivity contribution in [2.24, 2.45) is 0 Å². The summed E-state index contributed by atoms with van der Waals surface area (Å²) in [5.74, 6) is 8.46. The molecular weight excluding hydrogens is 356 g/mol. The van der Waals surface area contributed by atoms with Gasteiger partial charge in [-0.1, -0.05) is 5.92 Å². The molecule has 0 amide bonds. The van der Waals surface area contributed by atoms with Crippen LogP contribution in [0.5, 0.6) is 11.5 Å². The van der Waals surface area contributed by atoms with E-state index in [0.717, 1.165) is 41.9 Å². The Morgan fingerprint density at radius 1 is 1.14 bits per heavy atom. The summed E-state index contributed by atoms with van der Waals surface area (Å²) < 4.78 is 12.6. The summed E-state index contributed by atoms with van der Waals surface area (Å²) in [7, 11) is 5.07. The lowest BCUT2D eigenvalue weighted by Gasteiger charge is -2.09. The Kier molecular flexibility index (Phi) is 5.00. The molecule has 28 heavy (non-hydrogen) atoms. The maximum absolute atomic E-state index is 5.32. The standard InChI is InChI=1S/C20H22N6O2/c1-21-19-18-17(5-4-13-8-15(27-2)10-16(9-13)28-3)25-26(14-6-7-22-11-14)20(18)24-12-23-19/h8-10,12,14,22H,6-7,11H2,1-3H3,(H,21,23,24)/t14-/m0/s1. The highest BCUT2D eigenvalue weighted by molar-refractivity contribution is 5.91. The molecule has 1 saturated heterocycles. The fraction of sp³-hybridized carbons (Fsp3) is 0.350. The SMILES string of the molecule is CNc1ncnc2c1c(C#Cc1cc(OC)cc(OC)c1)nn2[C@H]1CCNC1. The summed E-state index contributed by atoms with van der Waals surface area (Å²) in [5.41, 5.74) is 2.22. The van der Waals surface area contributed by atoms with Gasteiger partial charge in [-0.3, -0.25) is 0 Å². The van der Waals surface area contributed by atoms with Crippen molar-refractivity contribution in [3.05, 3.63) is 35.8 Å². The van der Waals surface area contributed by atoms with Crippen LogP contribution in [0.3, 0.4) is 0 Å². The molecule has 4 rings (SSSR count). The molecule has 0 radical (unpaired) electrons. The van der Waals surface area contributed by atoms with Gasteiger partial charge in [-0.05, 0) is 31.0 Å². The zero-order chi connectivity index (χ0) is 19.5. The summed E-state index contributed by atoms with van der Waals surface area (Å²) in [6.45, 7) is 1.84. The zero-order valence-electron chi connectivity index (χ0n) is 16.1. The minimum atomic E-state index is 0.259. The molecule has 1 fully saturated rings. The lowest BCUT2D eigenvalue weighted by atomic mass is 10.2. The van der Waals surface area contributed by atoms with E-state index in [4.69, 9.17) is 14.6 Å². The van der Waals surface area contributed by atoms with Gasteiger partial charge in [0.2, 0.25) is 0 Å². The largest absolute Gasteiger partial charge is 0.497 e. The first-order valence-electron chi connectivity index (χ1n) is 9.10. The number of hydrogen-bond donors (Lipinski definition) is 2. The van der Waals surface area contributed by atoms with Crippen molar-refractivity contribution in [3.63, 3.8) is 0 Å². The Morgan fingerprint density at radius 3 is 2.57 bits per heavy atom. The molecule has 1 aromatic carbocycles. The third-order valence-electron chi connectivity index (χ3n) is 4.78. The lowest BCUT2D eigenvalue weighted by molar-refractivity contribution is 0.394. The van der Waals surface area contributed by atoms with E-state index in [1.807, 2.05) is 29.9 Å². The lowest BCUT2D eigenvalue weighted by Crippen LogP contribution is -2.15. The number of ether oxygens (including phenoxy) is 2. The molecule has 8 heteroatoms. The quantitative estimate of drug-likeness (QED) is 0.670. The van der Waals surface area contributed by atoms with Gasteiger partial charge in [0, 0.05) is 25.2 Å². The second kappa shape index (κ2) is 7.74. The van der Waals surface area contributed by atoms with E-state index < -0.39 is 0 Å². The van der Waals surface area contributed by atoms with E-state index in [2.05, 4.69) is 32.4 Å². The van der Waals surface area contributed by atoms with Gasteiger partial charge in [0.1, 0.15) is 29.3 Å². The van der Waals surface area contributed by atoms with Gasteiger partial charge in [0.15, 0.2) is 5.65 Å². The van der Waals surface area contributed by atoms with Crippen LogP contribution in [0.4, 0.5) is 5.82 Å². The third kappa shape index (κ3) is 3.32. The van der Waals surface area contributed by atoms with Crippen molar-refractivity contribution in [1.29, 1.82) is 0 Å². The van der Waals surface area contributed by atoms with Gasteiger partial charge < -0.3 is 20.1 Å². The van der Waals surface area contributed by atoms with Crippen molar-refractivity contribution in [2.45, 2.75) is 12.5 Å². The van der Waals surface area contributed by atoms with Crippen LogP contribution < -0.4 is 20.1 Å². The van der Waals surface area contributed by atoms with Gasteiger partial charge in [0.25, 0.3) is 0 Å². The Hall–Kier alpha value is -3.31. The molecule has 0 unspecified atom stereocenters. The maximum atomic E-state index is 5.32.